The number of hydrogen-bond donors (Lipinski definition) is 3. The van der Waals surface area contributed by atoms with E-state index in [-0.39, 0.29) is 12.5 Å². The average molecular weight is 398 g/mol. The molecule has 7 nitrogen and oxygen atoms in total. The van der Waals surface area contributed by atoms with E-state index in [9.17, 15) is 9.59 Å². The first-order chi connectivity index (χ1) is 13.4. The molecule has 3 N–H and O–H groups in total. The van der Waals surface area contributed by atoms with Crippen molar-refractivity contribution in [3.05, 3.63) is 76.6 Å². The van der Waals surface area contributed by atoms with Gasteiger partial charge >= 0.3 is 0 Å². The van der Waals surface area contributed by atoms with Gasteiger partial charge in [-0.1, -0.05) is 41.4 Å². The van der Waals surface area contributed by atoms with Crippen LogP contribution in [0.15, 0.2) is 54.9 Å². The Hall–Kier alpha value is -3.32. The van der Waals surface area contributed by atoms with Crippen molar-refractivity contribution in [3.8, 4) is 5.69 Å². The molecule has 2 amide bonds. The molecule has 0 unspecified atom stereocenters. The number of para-hydroxylation sites is 1. The van der Waals surface area contributed by atoms with Crippen LogP contribution in [0.5, 0.6) is 0 Å². The maximum atomic E-state index is 12.2. The lowest BCUT2D eigenvalue weighted by Gasteiger charge is -2.11. The number of carbonyl (C=O) groups is 2. The van der Waals surface area contributed by atoms with Crippen LogP contribution in [0, 0.1) is 13.8 Å². The number of carbonyl (C=O) groups excluding carboxylic acids is 2. The van der Waals surface area contributed by atoms with Crippen molar-refractivity contribution in [2.75, 3.05) is 11.9 Å². The fraction of sp³-hybridized carbons (Fsp3) is 0.150. The van der Waals surface area contributed by atoms with Crippen LogP contribution in [-0.4, -0.2) is 28.1 Å². The highest BCUT2D eigenvalue weighted by Crippen LogP contribution is 2.19. The number of hydrazine groups is 1. The summed E-state index contributed by atoms with van der Waals surface area (Å²) in [5.41, 5.74) is 8.77. The first kappa shape index (κ1) is 19.4. The van der Waals surface area contributed by atoms with Crippen molar-refractivity contribution >= 4 is 29.1 Å². The molecule has 0 aliphatic rings. The van der Waals surface area contributed by atoms with Crippen molar-refractivity contribution in [3.63, 3.8) is 0 Å². The predicted molar refractivity (Wildman–Crippen MR) is 109 cm³/mol. The molecule has 3 aromatic rings. The number of aryl methyl sites for hydroxylation is 2. The molecule has 1 heterocycles. The van der Waals surface area contributed by atoms with Gasteiger partial charge in [0.1, 0.15) is 0 Å². The van der Waals surface area contributed by atoms with Gasteiger partial charge in [-0.15, -0.1) is 0 Å². The molecule has 0 bridgehead atoms. The number of aromatic nitrogens is 2. The molecule has 144 valence electrons. The van der Waals surface area contributed by atoms with Crippen molar-refractivity contribution in [1.82, 2.24) is 20.6 Å². The minimum absolute atomic E-state index is 0.0308. The number of rotatable bonds is 5. The molecule has 2 aromatic carbocycles. The number of hydrogen-bond acceptors (Lipinski definition) is 4. The Morgan fingerprint density at radius 2 is 1.89 bits per heavy atom. The van der Waals surface area contributed by atoms with Gasteiger partial charge in [0.15, 0.2) is 0 Å². The maximum absolute atomic E-state index is 12.2. The van der Waals surface area contributed by atoms with Crippen LogP contribution in [0.2, 0.25) is 5.02 Å². The molecule has 28 heavy (non-hydrogen) atoms. The van der Waals surface area contributed by atoms with Gasteiger partial charge in [0.2, 0.25) is 0 Å². The minimum Gasteiger partial charge on any atom is -0.376 e. The van der Waals surface area contributed by atoms with Crippen molar-refractivity contribution in [2.45, 2.75) is 13.8 Å². The van der Waals surface area contributed by atoms with E-state index in [1.165, 1.54) is 17.1 Å². The first-order valence-electron chi connectivity index (χ1n) is 8.64. The summed E-state index contributed by atoms with van der Waals surface area (Å²) >= 11 is 6.13. The molecule has 0 atom stereocenters. The lowest BCUT2D eigenvalue weighted by molar-refractivity contribution is -0.120. The van der Waals surface area contributed by atoms with Crippen molar-refractivity contribution in [1.29, 1.82) is 0 Å². The van der Waals surface area contributed by atoms with Gasteiger partial charge in [-0.3, -0.25) is 20.4 Å². The zero-order chi connectivity index (χ0) is 20.1. The SMILES string of the molecule is Cc1ccc(NCC(=O)NNC(=O)c2cnn(-c3ccccc3Cl)c2)c(C)c1. The molecule has 0 saturated carbocycles. The smallest absolute Gasteiger partial charge is 0.272 e. The second-order valence-electron chi connectivity index (χ2n) is 6.30. The van der Waals surface area contributed by atoms with Crippen LogP contribution < -0.4 is 16.2 Å². The molecule has 8 heteroatoms. The third kappa shape index (κ3) is 4.69. The third-order valence-electron chi connectivity index (χ3n) is 4.08. The molecule has 0 aliphatic carbocycles. The Bertz CT molecular complexity index is 1020. The second-order valence-corrected chi connectivity index (χ2v) is 6.71. The summed E-state index contributed by atoms with van der Waals surface area (Å²) in [5, 5.41) is 7.69. The summed E-state index contributed by atoms with van der Waals surface area (Å²) in [5.74, 6) is -0.843. The van der Waals surface area contributed by atoms with Gasteiger partial charge in [0.05, 0.1) is 29.0 Å². The number of nitrogens with zero attached hydrogens (tertiary/aromatic N) is 2. The molecule has 0 saturated heterocycles. The number of benzene rings is 2. The van der Waals surface area contributed by atoms with Crippen LogP contribution in [0.25, 0.3) is 5.69 Å². The van der Waals surface area contributed by atoms with E-state index in [1.807, 2.05) is 44.2 Å². The van der Waals surface area contributed by atoms with Gasteiger partial charge in [-0.2, -0.15) is 5.10 Å². The summed E-state index contributed by atoms with van der Waals surface area (Å²) in [6.45, 7) is 4.00. The molecular formula is C20H20ClN5O2. The fourth-order valence-electron chi connectivity index (χ4n) is 2.64. The van der Waals surface area contributed by atoms with Gasteiger partial charge in [-0.05, 0) is 37.6 Å². The largest absolute Gasteiger partial charge is 0.376 e. The quantitative estimate of drug-likeness (QED) is 0.577. The van der Waals surface area contributed by atoms with E-state index >= 15 is 0 Å². The molecule has 0 fully saturated rings. The first-order valence-corrected chi connectivity index (χ1v) is 9.02. The molecule has 0 aliphatic heterocycles. The highest BCUT2D eigenvalue weighted by molar-refractivity contribution is 6.32. The Balaban J connectivity index is 1.53. The Kier molecular flexibility index (Phi) is 5.96. The zero-order valence-corrected chi connectivity index (χ0v) is 16.2. The van der Waals surface area contributed by atoms with E-state index < -0.39 is 5.91 Å². The van der Waals surface area contributed by atoms with Gasteiger partial charge < -0.3 is 5.32 Å². The van der Waals surface area contributed by atoms with E-state index in [0.29, 0.717) is 16.3 Å². The molecular weight excluding hydrogens is 378 g/mol. The van der Waals surface area contributed by atoms with Crippen LogP contribution in [0.4, 0.5) is 5.69 Å². The van der Waals surface area contributed by atoms with Gasteiger partial charge in [0, 0.05) is 11.9 Å². The van der Waals surface area contributed by atoms with E-state index in [2.05, 4.69) is 21.3 Å². The molecule has 0 spiro atoms. The number of nitrogens with one attached hydrogen (secondary N) is 3. The van der Waals surface area contributed by atoms with Crippen LogP contribution >= 0.6 is 11.6 Å². The lowest BCUT2D eigenvalue weighted by atomic mass is 10.1. The monoisotopic (exact) mass is 397 g/mol. The average Bonchev–Trinajstić information content (AvgIpc) is 3.16. The molecule has 3 rings (SSSR count). The second kappa shape index (κ2) is 8.58. The van der Waals surface area contributed by atoms with Crippen molar-refractivity contribution in [2.24, 2.45) is 0 Å². The molecule has 1 aromatic heterocycles. The maximum Gasteiger partial charge on any atom is 0.272 e. The van der Waals surface area contributed by atoms with E-state index in [0.717, 1.165) is 16.8 Å². The fourth-order valence-corrected chi connectivity index (χ4v) is 2.86. The van der Waals surface area contributed by atoms with Gasteiger partial charge in [-0.25, -0.2) is 4.68 Å². The summed E-state index contributed by atoms with van der Waals surface area (Å²) in [6, 6.07) is 13.1. The Labute approximate surface area is 167 Å². The lowest BCUT2D eigenvalue weighted by Crippen LogP contribution is -2.44. The number of halogens is 1. The summed E-state index contributed by atoms with van der Waals surface area (Å²) in [7, 11) is 0. The summed E-state index contributed by atoms with van der Waals surface area (Å²) in [4.78, 5) is 24.2. The molecule has 0 radical (unpaired) electrons. The van der Waals surface area contributed by atoms with Crippen LogP contribution in [0.3, 0.4) is 0 Å². The highest BCUT2D eigenvalue weighted by Gasteiger charge is 2.12. The normalized spacial score (nSPS) is 10.4. The summed E-state index contributed by atoms with van der Waals surface area (Å²) in [6.07, 6.45) is 2.94. The summed E-state index contributed by atoms with van der Waals surface area (Å²) < 4.78 is 1.50. The Morgan fingerprint density at radius 3 is 2.64 bits per heavy atom. The minimum atomic E-state index is -0.474. The van der Waals surface area contributed by atoms with Gasteiger partial charge in [0.25, 0.3) is 11.8 Å². The Morgan fingerprint density at radius 1 is 1.11 bits per heavy atom. The topological polar surface area (TPSA) is 88.1 Å². The van der Waals surface area contributed by atoms with E-state index in [1.54, 1.807) is 12.1 Å². The third-order valence-corrected chi connectivity index (χ3v) is 4.40. The number of amides is 2. The number of anilines is 1. The van der Waals surface area contributed by atoms with Crippen LogP contribution in [0.1, 0.15) is 21.5 Å². The van der Waals surface area contributed by atoms with Crippen LogP contribution in [-0.2, 0) is 4.79 Å². The predicted octanol–water partition coefficient (Wildman–Crippen LogP) is 3.02. The zero-order valence-electron chi connectivity index (χ0n) is 15.5. The van der Waals surface area contributed by atoms with E-state index in [4.69, 9.17) is 11.6 Å². The highest BCUT2D eigenvalue weighted by atomic mass is 35.5. The standard InChI is InChI=1S/C20H20ClN5O2/c1-13-7-8-17(14(2)9-13)22-11-19(27)24-25-20(28)15-10-23-26(12-15)18-6-4-3-5-16(18)21/h3-10,12,22H,11H2,1-2H3,(H,24,27)(H,25,28). The van der Waals surface area contributed by atoms with Crippen molar-refractivity contribution < 1.29 is 9.59 Å².